The molecule has 1 saturated carbocycles. The number of nitrogens with zero attached hydrogens (tertiary/aromatic N) is 2. The Morgan fingerprint density at radius 1 is 1.44 bits per heavy atom. The van der Waals surface area contributed by atoms with Crippen molar-refractivity contribution in [3.8, 4) is 6.07 Å². The zero-order valence-corrected chi connectivity index (χ0v) is 9.91. The molecule has 1 aliphatic carbocycles. The predicted octanol–water partition coefficient (Wildman–Crippen LogP) is 2.01. The smallest absolute Gasteiger partial charge is 0.305 e. The van der Waals surface area contributed by atoms with Crippen molar-refractivity contribution in [2.24, 2.45) is 0 Å². The van der Waals surface area contributed by atoms with Crippen LogP contribution in [0.2, 0.25) is 0 Å². The summed E-state index contributed by atoms with van der Waals surface area (Å²) in [7, 11) is 1.95. The summed E-state index contributed by atoms with van der Waals surface area (Å²) in [6.07, 6.45) is 5.97. The van der Waals surface area contributed by atoms with Crippen LogP contribution in [-0.2, 0) is 4.79 Å². The third-order valence-electron chi connectivity index (χ3n) is 3.63. The summed E-state index contributed by atoms with van der Waals surface area (Å²) in [5.74, 6) is -0.731. The number of aliphatic carboxylic acids is 1. The fraction of sp³-hybridized carbons (Fsp3) is 0.833. The van der Waals surface area contributed by atoms with E-state index in [1.165, 1.54) is 6.42 Å². The number of carbonyl (C=O) groups is 1. The minimum absolute atomic E-state index is 0.203. The molecule has 0 unspecified atom stereocenters. The van der Waals surface area contributed by atoms with E-state index >= 15 is 0 Å². The standard InChI is InChI=1S/C12H20N2O2/c1-14(9-5-8-13)12(10-11(15)16)6-3-2-4-7-12/h2-7,9-10H2,1H3,(H,15,16). The van der Waals surface area contributed by atoms with Gasteiger partial charge in [-0.1, -0.05) is 19.3 Å². The maximum Gasteiger partial charge on any atom is 0.305 e. The molecule has 0 aromatic carbocycles. The third kappa shape index (κ3) is 3.21. The molecule has 0 aromatic heterocycles. The van der Waals surface area contributed by atoms with Crippen molar-refractivity contribution in [2.75, 3.05) is 13.6 Å². The van der Waals surface area contributed by atoms with Crippen molar-refractivity contribution in [1.29, 1.82) is 5.26 Å². The first-order chi connectivity index (χ1) is 7.60. The average molecular weight is 224 g/mol. The van der Waals surface area contributed by atoms with Crippen LogP contribution >= 0.6 is 0 Å². The van der Waals surface area contributed by atoms with Crippen molar-refractivity contribution < 1.29 is 9.90 Å². The molecule has 0 spiro atoms. The highest BCUT2D eigenvalue weighted by Gasteiger charge is 2.37. The van der Waals surface area contributed by atoms with Crippen LogP contribution in [0.3, 0.4) is 0 Å². The first-order valence-corrected chi connectivity index (χ1v) is 5.91. The van der Waals surface area contributed by atoms with Crippen LogP contribution in [0.1, 0.15) is 44.9 Å². The van der Waals surface area contributed by atoms with Gasteiger partial charge in [0.1, 0.15) is 0 Å². The third-order valence-corrected chi connectivity index (χ3v) is 3.63. The van der Waals surface area contributed by atoms with Gasteiger partial charge in [-0.15, -0.1) is 0 Å². The van der Waals surface area contributed by atoms with E-state index in [1.54, 1.807) is 0 Å². The average Bonchev–Trinajstić information content (AvgIpc) is 2.26. The van der Waals surface area contributed by atoms with Crippen LogP contribution in [0.15, 0.2) is 0 Å². The first-order valence-electron chi connectivity index (χ1n) is 5.91. The van der Waals surface area contributed by atoms with Crippen LogP contribution in [0.25, 0.3) is 0 Å². The van der Waals surface area contributed by atoms with E-state index in [1.807, 2.05) is 7.05 Å². The molecule has 1 rings (SSSR count). The summed E-state index contributed by atoms with van der Waals surface area (Å²) in [6, 6.07) is 2.12. The monoisotopic (exact) mass is 224 g/mol. The van der Waals surface area contributed by atoms with E-state index in [2.05, 4.69) is 11.0 Å². The molecule has 0 saturated heterocycles. The van der Waals surface area contributed by atoms with E-state index in [0.717, 1.165) is 25.7 Å². The molecule has 4 nitrogen and oxygen atoms in total. The van der Waals surface area contributed by atoms with Crippen molar-refractivity contribution in [3.05, 3.63) is 0 Å². The maximum atomic E-state index is 11.0. The van der Waals surface area contributed by atoms with Gasteiger partial charge in [0.2, 0.25) is 0 Å². The molecule has 4 heteroatoms. The summed E-state index contributed by atoms with van der Waals surface area (Å²) >= 11 is 0. The van der Waals surface area contributed by atoms with Gasteiger partial charge in [-0.05, 0) is 19.9 Å². The van der Waals surface area contributed by atoms with Gasteiger partial charge in [-0.25, -0.2) is 0 Å². The topological polar surface area (TPSA) is 64.3 Å². The summed E-state index contributed by atoms with van der Waals surface area (Å²) in [4.78, 5) is 13.0. The van der Waals surface area contributed by atoms with Gasteiger partial charge in [0.25, 0.3) is 0 Å². The Morgan fingerprint density at radius 2 is 2.06 bits per heavy atom. The minimum Gasteiger partial charge on any atom is -0.481 e. The molecule has 1 aliphatic rings. The summed E-state index contributed by atoms with van der Waals surface area (Å²) in [5.41, 5.74) is -0.207. The zero-order valence-electron chi connectivity index (χ0n) is 9.91. The lowest BCUT2D eigenvalue weighted by Crippen LogP contribution is -2.49. The Balaban J connectivity index is 2.68. The predicted molar refractivity (Wildman–Crippen MR) is 60.9 cm³/mol. The fourth-order valence-electron chi connectivity index (χ4n) is 2.64. The summed E-state index contributed by atoms with van der Waals surface area (Å²) in [5, 5.41) is 17.6. The molecule has 0 radical (unpaired) electrons. The molecule has 0 heterocycles. The maximum absolute atomic E-state index is 11.0. The SMILES string of the molecule is CN(CCC#N)C1(CC(=O)O)CCCCC1. The van der Waals surface area contributed by atoms with E-state index in [4.69, 9.17) is 10.4 Å². The van der Waals surface area contributed by atoms with Gasteiger partial charge in [-0.2, -0.15) is 5.26 Å². The Labute approximate surface area is 96.9 Å². The van der Waals surface area contributed by atoms with Gasteiger partial charge in [-0.3, -0.25) is 9.69 Å². The molecule has 0 aromatic rings. The number of rotatable bonds is 5. The lowest BCUT2D eigenvalue weighted by atomic mass is 9.78. The molecular formula is C12H20N2O2. The highest BCUT2D eigenvalue weighted by Crippen LogP contribution is 2.35. The van der Waals surface area contributed by atoms with Crippen molar-refractivity contribution >= 4 is 5.97 Å². The Morgan fingerprint density at radius 3 is 2.56 bits per heavy atom. The van der Waals surface area contributed by atoms with E-state index in [0.29, 0.717) is 13.0 Å². The normalized spacial score (nSPS) is 19.3. The Kier molecular flexibility index (Phi) is 4.75. The Hall–Kier alpha value is -1.08. The minimum atomic E-state index is -0.731. The first kappa shape index (κ1) is 13.0. The molecule has 0 bridgehead atoms. The summed E-state index contributed by atoms with van der Waals surface area (Å²) < 4.78 is 0. The van der Waals surface area contributed by atoms with Crippen molar-refractivity contribution in [1.82, 2.24) is 4.90 Å². The molecular weight excluding hydrogens is 204 g/mol. The molecule has 90 valence electrons. The fourth-order valence-corrected chi connectivity index (χ4v) is 2.64. The van der Waals surface area contributed by atoms with E-state index in [9.17, 15) is 4.79 Å². The molecule has 0 atom stereocenters. The van der Waals surface area contributed by atoms with Crippen LogP contribution in [-0.4, -0.2) is 35.1 Å². The van der Waals surface area contributed by atoms with E-state index < -0.39 is 5.97 Å². The molecule has 0 aliphatic heterocycles. The Bertz CT molecular complexity index is 277. The molecule has 16 heavy (non-hydrogen) atoms. The second-order valence-electron chi connectivity index (χ2n) is 4.69. The zero-order chi connectivity index (χ0) is 12.0. The van der Waals surface area contributed by atoms with Gasteiger partial charge in [0.15, 0.2) is 0 Å². The second-order valence-corrected chi connectivity index (χ2v) is 4.69. The van der Waals surface area contributed by atoms with Gasteiger partial charge in [0.05, 0.1) is 12.5 Å². The van der Waals surface area contributed by atoms with Crippen LogP contribution in [0.5, 0.6) is 0 Å². The molecule has 1 N–H and O–H groups in total. The lowest BCUT2D eigenvalue weighted by Gasteiger charge is -2.43. The summed E-state index contributed by atoms with van der Waals surface area (Å²) in [6.45, 7) is 0.670. The van der Waals surface area contributed by atoms with Gasteiger partial charge >= 0.3 is 5.97 Å². The number of hydrogen-bond donors (Lipinski definition) is 1. The number of carboxylic acid groups (broad SMARTS) is 1. The lowest BCUT2D eigenvalue weighted by molar-refractivity contribution is -0.141. The molecule has 1 fully saturated rings. The number of carboxylic acids is 1. The van der Waals surface area contributed by atoms with Crippen LogP contribution in [0, 0.1) is 11.3 Å². The van der Waals surface area contributed by atoms with Crippen LogP contribution < -0.4 is 0 Å². The van der Waals surface area contributed by atoms with Crippen molar-refractivity contribution in [2.45, 2.75) is 50.5 Å². The molecule has 0 amide bonds. The van der Waals surface area contributed by atoms with Crippen molar-refractivity contribution in [3.63, 3.8) is 0 Å². The number of hydrogen-bond acceptors (Lipinski definition) is 3. The quantitative estimate of drug-likeness (QED) is 0.775. The number of nitriles is 1. The van der Waals surface area contributed by atoms with Gasteiger partial charge < -0.3 is 5.11 Å². The second kappa shape index (κ2) is 5.86. The highest BCUT2D eigenvalue weighted by molar-refractivity contribution is 5.68. The van der Waals surface area contributed by atoms with Crippen LogP contribution in [0.4, 0.5) is 0 Å². The highest BCUT2D eigenvalue weighted by atomic mass is 16.4. The largest absolute Gasteiger partial charge is 0.481 e. The van der Waals surface area contributed by atoms with E-state index in [-0.39, 0.29) is 12.0 Å². The van der Waals surface area contributed by atoms with Gasteiger partial charge in [0, 0.05) is 18.5 Å².